The molecule has 0 aromatic heterocycles. The molecule has 1 aliphatic rings. The normalized spacial score (nSPS) is 17.9. The van der Waals surface area contributed by atoms with Gasteiger partial charge in [0.1, 0.15) is 5.82 Å². The van der Waals surface area contributed by atoms with Crippen LogP contribution in [0.2, 0.25) is 0 Å². The standard InChI is InChI=1S/C10H10FNO3/c11-7-2-1-3-8(4-7)12-10(9(13)14)5-15-6-10/h1-4,12H,5-6H2,(H,13,14). The summed E-state index contributed by atoms with van der Waals surface area (Å²) in [5.74, 6) is -1.39. The third kappa shape index (κ3) is 1.78. The molecule has 80 valence electrons. The van der Waals surface area contributed by atoms with Crippen molar-refractivity contribution in [3.63, 3.8) is 0 Å². The molecule has 1 heterocycles. The van der Waals surface area contributed by atoms with Gasteiger partial charge in [-0.05, 0) is 18.2 Å². The van der Waals surface area contributed by atoms with Crippen molar-refractivity contribution in [1.29, 1.82) is 0 Å². The summed E-state index contributed by atoms with van der Waals surface area (Å²) in [6.45, 7) is 0.192. The van der Waals surface area contributed by atoms with Gasteiger partial charge in [0.15, 0.2) is 5.54 Å². The van der Waals surface area contributed by atoms with Crippen LogP contribution in [-0.4, -0.2) is 29.8 Å². The lowest BCUT2D eigenvalue weighted by Gasteiger charge is -2.38. The molecule has 0 bridgehead atoms. The molecule has 0 saturated carbocycles. The monoisotopic (exact) mass is 211 g/mol. The highest BCUT2D eigenvalue weighted by Gasteiger charge is 2.46. The summed E-state index contributed by atoms with van der Waals surface area (Å²) in [6, 6.07) is 5.69. The number of hydrogen-bond donors (Lipinski definition) is 2. The molecular weight excluding hydrogens is 201 g/mol. The molecule has 5 heteroatoms. The van der Waals surface area contributed by atoms with E-state index >= 15 is 0 Å². The molecule has 1 fully saturated rings. The lowest BCUT2D eigenvalue weighted by Crippen LogP contribution is -2.61. The van der Waals surface area contributed by atoms with Crippen LogP contribution < -0.4 is 5.32 Å². The Labute approximate surface area is 85.7 Å². The van der Waals surface area contributed by atoms with E-state index in [1.54, 1.807) is 6.07 Å². The van der Waals surface area contributed by atoms with Gasteiger partial charge in [-0.15, -0.1) is 0 Å². The Morgan fingerprint density at radius 2 is 2.27 bits per heavy atom. The van der Waals surface area contributed by atoms with E-state index in [4.69, 9.17) is 9.84 Å². The number of anilines is 1. The van der Waals surface area contributed by atoms with Crippen molar-refractivity contribution in [3.8, 4) is 0 Å². The number of aliphatic carboxylic acids is 1. The second-order valence-corrected chi connectivity index (χ2v) is 3.52. The highest BCUT2D eigenvalue weighted by molar-refractivity contribution is 5.84. The maximum Gasteiger partial charge on any atom is 0.334 e. The zero-order valence-electron chi connectivity index (χ0n) is 7.87. The van der Waals surface area contributed by atoms with E-state index in [1.807, 2.05) is 0 Å². The van der Waals surface area contributed by atoms with E-state index in [2.05, 4.69) is 5.32 Å². The first-order chi connectivity index (χ1) is 7.12. The lowest BCUT2D eigenvalue weighted by molar-refractivity contribution is -0.158. The Bertz CT molecular complexity index is 390. The molecule has 0 aliphatic carbocycles. The van der Waals surface area contributed by atoms with E-state index in [-0.39, 0.29) is 13.2 Å². The van der Waals surface area contributed by atoms with Crippen molar-refractivity contribution < 1.29 is 19.0 Å². The number of ether oxygens (including phenoxy) is 1. The molecule has 0 atom stereocenters. The van der Waals surface area contributed by atoms with Crippen LogP contribution in [-0.2, 0) is 9.53 Å². The maximum absolute atomic E-state index is 12.8. The van der Waals surface area contributed by atoms with Crippen molar-refractivity contribution >= 4 is 11.7 Å². The molecule has 0 amide bonds. The number of carbonyl (C=O) groups is 1. The van der Waals surface area contributed by atoms with Crippen LogP contribution in [0.3, 0.4) is 0 Å². The van der Waals surface area contributed by atoms with Crippen molar-refractivity contribution in [1.82, 2.24) is 0 Å². The Morgan fingerprint density at radius 1 is 1.53 bits per heavy atom. The molecular formula is C10H10FNO3. The predicted molar refractivity (Wildman–Crippen MR) is 51.2 cm³/mol. The molecule has 15 heavy (non-hydrogen) atoms. The molecule has 4 nitrogen and oxygen atoms in total. The molecule has 2 rings (SSSR count). The quantitative estimate of drug-likeness (QED) is 0.785. The number of halogens is 1. The van der Waals surface area contributed by atoms with Gasteiger partial charge in [0.05, 0.1) is 13.2 Å². The van der Waals surface area contributed by atoms with Gasteiger partial charge in [0.2, 0.25) is 0 Å². The van der Waals surface area contributed by atoms with Gasteiger partial charge >= 0.3 is 5.97 Å². The average molecular weight is 211 g/mol. The summed E-state index contributed by atoms with van der Waals surface area (Å²) in [4.78, 5) is 11.0. The van der Waals surface area contributed by atoms with Crippen LogP contribution in [0.25, 0.3) is 0 Å². The summed E-state index contributed by atoms with van der Waals surface area (Å²) in [7, 11) is 0. The molecule has 2 N–H and O–H groups in total. The first-order valence-electron chi connectivity index (χ1n) is 4.47. The molecule has 1 aliphatic heterocycles. The van der Waals surface area contributed by atoms with Gasteiger partial charge in [-0.25, -0.2) is 9.18 Å². The SMILES string of the molecule is O=C(O)C1(Nc2cccc(F)c2)COC1. The van der Waals surface area contributed by atoms with Crippen molar-refractivity contribution in [2.45, 2.75) is 5.54 Å². The number of hydrogen-bond acceptors (Lipinski definition) is 3. The first kappa shape index (κ1) is 9.92. The molecule has 1 saturated heterocycles. The average Bonchev–Trinajstić information content (AvgIpc) is 2.11. The predicted octanol–water partition coefficient (Wildman–Crippen LogP) is 1.09. The van der Waals surface area contributed by atoms with Gasteiger partial charge in [-0.1, -0.05) is 6.07 Å². The minimum Gasteiger partial charge on any atom is -0.479 e. The van der Waals surface area contributed by atoms with Crippen LogP contribution in [0.15, 0.2) is 24.3 Å². The van der Waals surface area contributed by atoms with Gasteiger partial charge in [0.25, 0.3) is 0 Å². The fraction of sp³-hybridized carbons (Fsp3) is 0.300. The summed E-state index contributed by atoms with van der Waals surface area (Å²) in [6.07, 6.45) is 0. The smallest absolute Gasteiger partial charge is 0.334 e. The third-order valence-electron chi connectivity index (χ3n) is 2.31. The molecule has 1 aromatic rings. The maximum atomic E-state index is 12.8. The van der Waals surface area contributed by atoms with Crippen LogP contribution in [0.5, 0.6) is 0 Å². The van der Waals surface area contributed by atoms with Crippen molar-refractivity contribution in [3.05, 3.63) is 30.1 Å². The van der Waals surface area contributed by atoms with Gasteiger partial charge in [0, 0.05) is 5.69 Å². The van der Waals surface area contributed by atoms with Crippen molar-refractivity contribution in [2.24, 2.45) is 0 Å². The summed E-state index contributed by atoms with van der Waals surface area (Å²) < 4.78 is 17.7. The highest BCUT2D eigenvalue weighted by atomic mass is 19.1. The topological polar surface area (TPSA) is 58.6 Å². The number of benzene rings is 1. The number of carboxylic acids is 1. The summed E-state index contributed by atoms with van der Waals surface area (Å²) >= 11 is 0. The van der Waals surface area contributed by atoms with E-state index in [9.17, 15) is 9.18 Å². The highest BCUT2D eigenvalue weighted by Crippen LogP contribution is 2.23. The minimum atomic E-state index is -1.10. The summed E-state index contributed by atoms with van der Waals surface area (Å²) in [5.41, 5.74) is -0.658. The Balaban J connectivity index is 2.17. The zero-order chi connectivity index (χ0) is 10.9. The van der Waals surface area contributed by atoms with Crippen LogP contribution >= 0.6 is 0 Å². The number of nitrogens with one attached hydrogen (secondary N) is 1. The van der Waals surface area contributed by atoms with Crippen LogP contribution in [0.1, 0.15) is 0 Å². The Morgan fingerprint density at radius 3 is 2.73 bits per heavy atom. The fourth-order valence-corrected chi connectivity index (χ4v) is 1.40. The molecule has 0 unspecified atom stereocenters. The molecule has 1 aromatic carbocycles. The lowest BCUT2D eigenvalue weighted by atomic mass is 9.97. The number of carboxylic acid groups (broad SMARTS) is 1. The molecule has 0 radical (unpaired) electrons. The zero-order valence-corrected chi connectivity index (χ0v) is 7.87. The molecule has 0 spiro atoms. The van der Waals surface area contributed by atoms with Crippen LogP contribution in [0, 0.1) is 5.82 Å². The second kappa shape index (κ2) is 3.51. The van der Waals surface area contributed by atoms with E-state index in [0.29, 0.717) is 5.69 Å². The van der Waals surface area contributed by atoms with E-state index < -0.39 is 17.3 Å². The fourth-order valence-electron chi connectivity index (χ4n) is 1.40. The number of rotatable bonds is 3. The Kier molecular flexibility index (Phi) is 2.32. The third-order valence-corrected chi connectivity index (χ3v) is 2.31. The summed E-state index contributed by atoms with van der Waals surface area (Å²) in [5, 5.41) is 11.7. The van der Waals surface area contributed by atoms with Crippen LogP contribution in [0.4, 0.5) is 10.1 Å². The van der Waals surface area contributed by atoms with Crippen molar-refractivity contribution in [2.75, 3.05) is 18.5 Å². The second-order valence-electron chi connectivity index (χ2n) is 3.52. The Hall–Kier alpha value is -1.62. The van der Waals surface area contributed by atoms with Gasteiger partial charge < -0.3 is 15.2 Å². The van der Waals surface area contributed by atoms with Gasteiger partial charge in [-0.2, -0.15) is 0 Å². The van der Waals surface area contributed by atoms with E-state index in [0.717, 1.165) is 0 Å². The van der Waals surface area contributed by atoms with Gasteiger partial charge in [-0.3, -0.25) is 0 Å². The minimum absolute atomic E-state index is 0.0961. The first-order valence-corrected chi connectivity index (χ1v) is 4.47. The van der Waals surface area contributed by atoms with E-state index in [1.165, 1.54) is 18.2 Å². The largest absolute Gasteiger partial charge is 0.479 e.